The van der Waals surface area contributed by atoms with Crippen LogP contribution < -0.4 is 5.32 Å². The van der Waals surface area contributed by atoms with Crippen LogP contribution in [0.2, 0.25) is 0 Å². The summed E-state index contributed by atoms with van der Waals surface area (Å²) in [7, 11) is 1.87. The average molecular weight is 392 g/mol. The van der Waals surface area contributed by atoms with Crippen LogP contribution in [-0.2, 0) is 0 Å². The quantitative estimate of drug-likeness (QED) is 0.263. The van der Waals surface area contributed by atoms with E-state index in [4.69, 9.17) is 10.8 Å². The van der Waals surface area contributed by atoms with Gasteiger partial charge in [-0.2, -0.15) is 0 Å². The van der Waals surface area contributed by atoms with Crippen LogP contribution in [0.1, 0.15) is 60.8 Å². The van der Waals surface area contributed by atoms with Crippen LogP contribution in [0.3, 0.4) is 0 Å². The fourth-order valence-corrected chi connectivity index (χ4v) is 3.18. The molecule has 0 spiro atoms. The molecule has 0 fully saturated rings. The van der Waals surface area contributed by atoms with Gasteiger partial charge in [0.25, 0.3) is 0 Å². The zero-order valence-electron chi connectivity index (χ0n) is 19.2. The summed E-state index contributed by atoms with van der Waals surface area (Å²) in [6.45, 7) is 12.7. The normalized spacial score (nSPS) is 18.3. The van der Waals surface area contributed by atoms with Crippen molar-refractivity contribution in [3.8, 4) is 11.8 Å². The van der Waals surface area contributed by atoms with Crippen LogP contribution in [0.25, 0.3) is 0 Å². The Morgan fingerprint density at radius 1 is 1.31 bits per heavy atom. The minimum atomic E-state index is 0.0719. The van der Waals surface area contributed by atoms with E-state index in [0.717, 1.165) is 36.0 Å². The Hall–Kier alpha value is -2.60. The number of nitrogens with one attached hydrogen (secondary N) is 3. The van der Waals surface area contributed by atoms with Crippen LogP contribution in [-0.4, -0.2) is 19.0 Å². The lowest BCUT2D eigenvalue weighted by molar-refractivity contribution is 0.413. The lowest BCUT2D eigenvalue weighted by Crippen LogP contribution is -2.19. The first-order chi connectivity index (χ1) is 13.7. The molecule has 0 aromatic rings. The Morgan fingerprint density at radius 3 is 2.45 bits per heavy atom. The molecule has 0 saturated heterocycles. The van der Waals surface area contributed by atoms with Gasteiger partial charge in [-0.25, -0.2) is 0 Å². The van der Waals surface area contributed by atoms with Crippen molar-refractivity contribution in [3.63, 3.8) is 0 Å². The molecule has 0 aliphatic heterocycles. The molecule has 0 heterocycles. The topological polar surface area (TPSA) is 59.7 Å². The lowest BCUT2D eigenvalue weighted by atomic mass is 9.81. The van der Waals surface area contributed by atoms with Crippen molar-refractivity contribution in [2.75, 3.05) is 7.05 Å². The van der Waals surface area contributed by atoms with Crippen molar-refractivity contribution in [1.29, 1.82) is 10.8 Å². The van der Waals surface area contributed by atoms with Crippen LogP contribution in [0, 0.1) is 34.0 Å². The third kappa shape index (κ3) is 7.74. The van der Waals surface area contributed by atoms with E-state index < -0.39 is 0 Å². The lowest BCUT2D eigenvalue weighted by Gasteiger charge is -2.23. The van der Waals surface area contributed by atoms with E-state index in [2.05, 4.69) is 70.0 Å². The second-order valence-electron chi connectivity index (χ2n) is 8.57. The molecule has 0 aromatic heterocycles. The van der Waals surface area contributed by atoms with E-state index in [1.165, 1.54) is 11.8 Å². The summed E-state index contributed by atoms with van der Waals surface area (Å²) in [5.74, 6) is 6.51. The Morgan fingerprint density at radius 2 is 2.00 bits per heavy atom. The van der Waals surface area contributed by atoms with Crippen LogP contribution in [0.5, 0.6) is 0 Å². The summed E-state index contributed by atoms with van der Waals surface area (Å²) in [6.07, 6.45) is 14.3. The first-order valence-electron chi connectivity index (χ1n) is 10.4. The summed E-state index contributed by atoms with van der Waals surface area (Å²) in [6, 6.07) is 0. The highest BCUT2D eigenvalue weighted by Gasteiger charge is 2.22. The highest BCUT2D eigenvalue weighted by atomic mass is 14.8. The van der Waals surface area contributed by atoms with Gasteiger partial charge in [0.05, 0.1) is 0 Å². The summed E-state index contributed by atoms with van der Waals surface area (Å²) >= 11 is 0. The smallest absolute Gasteiger partial charge is 0.0475 e. The first-order valence-corrected chi connectivity index (χ1v) is 10.4. The molecule has 3 nitrogen and oxygen atoms in total. The van der Waals surface area contributed by atoms with Gasteiger partial charge in [0, 0.05) is 47.8 Å². The van der Waals surface area contributed by atoms with Gasteiger partial charge in [-0.15, -0.1) is 0 Å². The highest BCUT2D eigenvalue weighted by molar-refractivity contribution is 6.04. The zero-order valence-corrected chi connectivity index (χ0v) is 19.2. The number of rotatable bonds is 7. The Balaban J connectivity index is 3.39. The van der Waals surface area contributed by atoms with Gasteiger partial charge in [0.1, 0.15) is 0 Å². The van der Waals surface area contributed by atoms with Gasteiger partial charge >= 0.3 is 0 Å². The van der Waals surface area contributed by atoms with Crippen molar-refractivity contribution in [2.24, 2.45) is 11.3 Å². The molecule has 0 aromatic carbocycles. The Kier molecular flexibility index (Phi) is 9.62. The van der Waals surface area contributed by atoms with Crippen molar-refractivity contribution < 1.29 is 0 Å². The van der Waals surface area contributed by atoms with E-state index in [1.807, 2.05) is 26.2 Å². The maximum absolute atomic E-state index is 8.89. The summed E-state index contributed by atoms with van der Waals surface area (Å²) in [5, 5.41) is 19.5. The number of allylic oxidation sites excluding steroid dienone is 9. The molecule has 0 radical (unpaired) electrons. The summed E-state index contributed by atoms with van der Waals surface area (Å²) in [4.78, 5) is 0. The molecule has 1 aliphatic rings. The molecule has 156 valence electrons. The second kappa shape index (κ2) is 11.4. The van der Waals surface area contributed by atoms with Crippen molar-refractivity contribution in [1.82, 2.24) is 5.32 Å². The van der Waals surface area contributed by atoms with E-state index in [0.29, 0.717) is 11.3 Å². The standard InChI is InChI=1S/C26H37N3/c1-8-20-10-13-22(14-11-20)25(28)24(18-29-7)19(3)23(16-26(4,5)6)15-12-21(9-2)17-27/h9-11,13,17-18,22,27-29H,8,14,16H2,1-7H3/b21-9-,23-19-,24-18-,27-17?,28-25?. The molecule has 29 heavy (non-hydrogen) atoms. The molecule has 1 rings (SSSR count). The zero-order chi connectivity index (χ0) is 22.0. The van der Waals surface area contributed by atoms with Gasteiger partial charge in [-0.1, -0.05) is 69.4 Å². The SMILES string of the molecule is C/C=C(/C#C/C(CC(C)(C)C)=C(C)/C(=C/NC)C(=N)C1C=CC(CC)=CC1)C=N. The van der Waals surface area contributed by atoms with E-state index >= 15 is 0 Å². The molecule has 3 N–H and O–H groups in total. The van der Waals surface area contributed by atoms with E-state index in [-0.39, 0.29) is 11.3 Å². The molecule has 0 bridgehead atoms. The average Bonchev–Trinajstić information content (AvgIpc) is 2.70. The molecular weight excluding hydrogens is 354 g/mol. The minimum Gasteiger partial charge on any atom is -0.393 e. The maximum atomic E-state index is 8.89. The van der Waals surface area contributed by atoms with Crippen molar-refractivity contribution >= 4 is 11.9 Å². The Bertz CT molecular complexity index is 827. The predicted molar refractivity (Wildman–Crippen MR) is 128 cm³/mol. The largest absolute Gasteiger partial charge is 0.393 e. The van der Waals surface area contributed by atoms with Gasteiger partial charge in [0.15, 0.2) is 0 Å². The van der Waals surface area contributed by atoms with Gasteiger partial charge in [0.2, 0.25) is 0 Å². The van der Waals surface area contributed by atoms with Crippen LogP contribution in [0.4, 0.5) is 0 Å². The number of hydrogen-bond donors (Lipinski definition) is 3. The number of hydrogen-bond acceptors (Lipinski definition) is 3. The fourth-order valence-electron chi connectivity index (χ4n) is 3.18. The van der Waals surface area contributed by atoms with Gasteiger partial charge in [-0.05, 0) is 44.1 Å². The first kappa shape index (κ1) is 24.4. The monoisotopic (exact) mass is 391 g/mol. The maximum Gasteiger partial charge on any atom is 0.0475 e. The highest BCUT2D eigenvalue weighted by Crippen LogP contribution is 2.30. The second-order valence-corrected chi connectivity index (χ2v) is 8.57. The molecule has 1 unspecified atom stereocenters. The molecule has 1 aliphatic carbocycles. The molecule has 3 heteroatoms. The molecule has 0 amide bonds. The molecule has 1 atom stereocenters. The third-order valence-corrected chi connectivity index (χ3v) is 4.92. The molecular formula is C26H37N3. The predicted octanol–water partition coefficient (Wildman–Crippen LogP) is 6.37. The Labute approximate surface area is 177 Å². The van der Waals surface area contributed by atoms with Crippen LogP contribution >= 0.6 is 0 Å². The van der Waals surface area contributed by atoms with Crippen molar-refractivity contribution in [3.05, 3.63) is 58.4 Å². The van der Waals surface area contributed by atoms with Crippen molar-refractivity contribution in [2.45, 2.75) is 60.8 Å². The minimum absolute atomic E-state index is 0.0719. The van der Waals surface area contributed by atoms with E-state index in [9.17, 15) is 0 Å². The summed E-state index contributed by atoms with van der Waals surface area (Å²) < 4.78 is 0. The summed E-state index contributed by atoms with van der Waals surface area (Å²) in [5.41, 5.74) is 5.69. The molecule has 0 saturated carbocycles. The third-order valence-electron chi connectivity index (χ3n) is 4.92. The van der Waals surface area contributed by atoms with Gasteiger partial charge < -0.3 is 16.1 Å². The van der Waals surface area contributed by atoms with E-state index in [1.54, 1.807) is 0 Å². The van der Waals surface area contributed by atoms with Crippen LogP contribution in [0.15, 0.2) is 58.4 Å². The van der Waals surface area contributed by atoms with Gasteiger partial charge in [-0.3, -0.25) is 0 Å². The fraction of sp³-hybridized carbons (Fsp3) is 0.462.